The van der Waals surface area contributed by atoms with Gasteiger partial charge in [0.1, 0.15) is 0 Å². The minimum Gasteiger partial charge on any atom is -0.0925 e. The molecule has 0 aromatic rings. The van der Waals surface area contributed by atoms with E-state index in [1.165, 1.54) is 11.1 Å². The molecule has 0 saturated carbocycles. The average Bonchev–Trinajstić information content (AvgIpc) is 2.11. The zero-order valence-electron chi connectivity index (χ0n) is 8.41. The first kappa shape index (κ1) is 10.9. The zero-order valence-corrected chi connectivity index (χ0v) is 8.41. The molecule has 0 aromatic heterocycles. The highest BCUT2D eigenvalue weighted by Crippen LogP contribution is 2.09. The maximum absolute atomic E-state index is 3.08. The van der Waals surface area contributed by atoms with Gasteiger partial charge in [-0.1, -0.05) is 31.3 Å². The summed E-state index contributed by atoms with van der Waals surface area (Å²) in [6.45, 7) is 8.21. The molecule has 0 saturated heterocycles. The van der Waals surface area contributed by atoms with Gasteiger partial charge in [-0.05, 0) is 38.5 Å². The van der Waals surface area contributed by atoms with E-state index in [0.29, 0.717) is 0 Å². The van der Waals surface area contributed by atoms with Crippen molar-refractivity contribution in [2.75, 3.05) is 0 Å². The van der Waals surface area contributed by atoms with Crippen LogP contribution in [0.3, 0.4) is 0 Å². The van der Waals surface area contributed by atoms with Gasteiger partial charge in [0, 0.05) is 5.57 Å². The Bertz CT molecular complexity index is 271. The Labute approximate surface area is 76.1 Å². The Morgan fingerprint density at radius 3 is 2.17 bits per heavy atom. The van der Waals surface area contributed by atoms with Gasteiger partial charge in [0.05, 0.1) is 0 Å². The standard InChI is InChI=1S/C12H16/c1-5-8-9-10-12(7-3)11(4)6-2/h6-7H2,1-4H3. The highest BCUT2D eigenvalue weighted by atomic mass is 14.0. The maximum Gasteiger partial charge on any atom is 0.00169 e. The molecule has 0 radical (unpaired) electrons. The van der Waals surface area contributed by atoms with Crippen molar-refractivity contribution in [1.82, 2.24) is 0 Å². The fraction of sp³-hybridized carbons (Fsp3) is 0.500. The van der Waals surface area contributed by atoms with Gasteiger partial charge < -0.3 is 0 Å². The van der Waals surface area contributed by atoms with Crippen LogP contribution in [0.25, 0.3) is 0 Å². The van der Waals surface area contributed by atoms with E-state index < -0.39 is 0 Å². The van der Waals surface area contributed by atoms with Crippen molar-refractivity contribution in [1.29, 1.82) is 0 Å². The molecule has 64 valence electrons. The molecule has 12 heavy (non-hydrogen) atoms. The number of rotatable bonds is 2. The third kappa shape index (κ3) is 3.89. The minimum absolute atomic E-state index is 1.01. The summed E-state index contributed by atoms with van der Waals surface area (Å²) in [5.74, 6) is 11.4. The first-order valence-electron chi connectivity index (χ1n) is 4.37. The lowest BCUT2D eigenvalue weighted by Gasteiger charge is -1.98. The predicted octanol–water partition coefficient (Wildman–Crippen LogP) is 3.15. The Kier molecular flexibility index (Phi) is 5.94. The van der Waals surface area contributed by atoms with Crippen molar-refractivity contribution in [3.05, 3.63) is 11.1 Å². The molecule has 0 fully saturated rings. The third-order valence-corrected chi connectivity index (χ3v) is 1.80. The Morgan fingerprint density at radius 2 is 1.75 bits per heavy atom. The van der Waals surface area contributed by atoms with E-state index >= 15 is 0 Å². The van der Waals surface area contributed by atoms with Crippen molar-refractivity contribution in [2.45, 2.75) is 40.5 Å². The SMILES string of the molecule is CC#CC#CC(CC)=C(C)CC. The van der Waals surface area contributed by atoms with E-state index in [1.54, 1.807) is 6.92 Å². The molecule has 0 amide bonds. The summed E-state index contributed by atoms with van der Waals surface area (Å²) >= 11 is 0. The van der Waals surface area contributed by atoms with Gasteiger partial charge in [-0.3, -0.25) is 0 Å². The summed E-state index contributed by atoms with van der Waals surface area (Å²) in [5, 5.41) is 0. The fourth-order valence-corrected chi connectivity index (χ4v) is 0.879. The molecular weight excluding hydrogens is 144 g/mol. The normalized spacial score (nSPS) is 10.3. The van der Waals surface area contributed by atoms with Gasteiger partial charge in [0.2, 0.25) is 0 Å². The first-order valence-corrected chi connectivity index (χ1v) is 4.37. The van der Waals surface area contributed by atoms with Crippen molar-refractivity contribution in [2.24, 2.45) is 0 Å². The molecule has 0 aliphatic heterocycles. The van der Waals surface area contributed by atoms with Crippen LogP contribution >= 0.6 is 0 Å². The van der Waals surface area contributed by atoms with E-state index in [9.17, 15) is 0 Å². The van der Waals surface area contributed by atoms with E-state index in [2.05, 4.69) is 44.5 Å². The molecule has 0 unspecified atom stereocenters. The van der Waals surface area contributed by atoms with Crippen LogP contribution in [0, 0.1) is 23.7 Å². The van der Waals surface area contributed by atoms with Crippen LogP contribution in [0.4, 0.5) is 0 Å². The molecule has 0 rings (SSSR count). The molecule has 0 aromatic carbocycles. The second kappa shape index (κ2) is 6.56. The molecule has 0 heterocycles. The monoisotopic (exact) mass is 160 g/mol. The molecule has 0 bridgehead atoms. The Morgan fingerprint density at radius 1 is 1.08 bits per heavy atom. The molecule has 0 aliphatic carbocycles. The smallest absolute Gasteiger partial charge is 0.00169 e. The van der Waals surface area contributed by atoms with Crippen LogP contribution in [-0.4, -0.2) is 0 Å². The van der Waals surface area contributed by atoms with Crippen molar-refractivity contribution >= 4 is 0 Å². The molecule has 0 spiro atoms. The van der Waals surface area contributed by atoms with Crippen LogP contribution < -0.4 is 0 Å². The summed E-state index contributed by atoms with van der Waals surface area (Å²) in [6.07, 6.45) is 2.09. The molecular formula is C12H16. The number of hydrogen-bond acceptors (Lipinski definition) is 0. The lowest BCUT2D eigenvalue weighted by molar-refractivity contribution is 1.02. The summed E-state index contributed by atoms with van der Waals surface area (Å²) in [4.78, 5) is 0. The van der Waals surface area contributed by atoms with Gasteiger partial charge in [-0.15, -0.1) is 0 Å². The van der Waals surface area contributed by atoms with Crippen LogP contribution in [0.1, 0.15) is 40.5 Å². The second-order valence-corrected chi connectivity index (χ2v) is 2.59. The Hall–Kier alpha value is -1.14. The van der Waals surface area contributed by atoms with Crippen molar-refractivity contribution < 1.29 is 0 Å². The summed E-state index contributed by atoms with van der Waals surface area (Å²) in [5.41, 5.74) is 2.61. The van der Waals surface area contributed by atoms with Gasteiger partial charge in [-0.2, -0.15) is 0 Å². The molecule has 0 atom stereocenters. The fourth-order valence-electron chi connectivity index (χ4n) is 0.879. The Balaban J connectivity index is 4.58. The molecule has 0 aliphatic rings. The van der Waals surface area contributed by atoms with Gasteiger partial charge in [-0.25, -0.2) is 0 Å². The highest BCUT2D eigenvalue weighted by Gasteiger charge is 1.92. The van der Waals surface area contributed by atoms with Gasteiger partial charge >= 0.3 is 0 Å². The van der Waals surface area contributed by atoms with Gasteiger partial charge in [0.25, 0.3) is 0 Å². The van der Waals surface area contributed by atoms with Crippen LogP contribution in [0.5, 0.6) is 0 Å². The van der Waals surface area contributed by atoms with Crippen molar-refractivity contribution in [3.8, 4) is 23.7 Å². The molecule has 0 nitrogen and oxygen atoms in total. The minimum atomic E-state index is 1.01. The van der Waals surface area contributed by atoms with E-state index in [1.807, 2.05) is 0 Å². The lowest BCUT2D eigenvalue weighted by atomic mass is 10.1. The quantitative estimate of drug-likeness (QED) is 0.544. The molecule has 0 N–H and O–H groups in total. The van der Waals surface area contributed by atoms with Gasteiger partial charge in [0.15, 0.2) is 0 Å². The van der Waals surface area contributed by atoms with Crippen LogP contribution in [0.15, 0.2) is 11.1 Å². The largest absolute Gasteiger partial charge is 0.0925 e. The number of hydrogen-bond donors (Lipinski definition) is 0. The topological polar surface area (TPSA) is 0 Å². The van der Waals surface area contributed by atoms with Crippen molar-refractivity contribution in [3.63, 3.8) is 0 Å². The van der Waals surface area contributed by atoms with Crippen LogP contribution in [-0.2, 0) is 0 Å². The zero-order chi connectivity index (χ0) is 9.40. The summed E-state index contributed by atoms with van der Waals surface area (Å²) in [6, 6.07) is 0. The summed E-state index contributed by atoms with van der Waals surface area (Å²) < 4.78 is 0. The van der Waals surface area contributed by atoms with E-state index in [-0.39, 0.29) is 0 Å². The lowest BCUT2D eigenvalue weighted by Crippen LogP contribution is -1.82. The predicted molar refractivity (Wildman–Crippen MR) is 54.5 cm³/mol. The summed E-state index contributed by atoms with van der Waals surface area (Å²) in [7, 11) is 0. The van der Waals surface area contributed by atoms with Crippen LogP contribution in [0.2, 0.25) is 0 Å². The van der Waals surface area contributed by atoms with E-state index in [4.69, 9.17) is 0 Å². The average molecular weight is 160 g/mol. The maximum atomic E-state index is 3.08. The van der Waals surface area contributed by atoms with E-state index in [0.717, 1.165) is 12.8 Å². The second-order valence-electron chi connectivity index (χ2n) is 2.59. The first-order chi connectivity index (χ1) is 5.76. The molecule has 0 heteroatoms. The highest BCUT2D eigenvalue weighted by molar-refractivity contribution is 5.38. The third-order valence-electron chi connectivity index (χ3n) is 1.80. The number of allylic oxidation sites excluding steroid dienone is 2.